The van der Waals surface area contributed by atoms with Crippen molar-refractivity contribution in [1.82, 2.24) is 5.32 Å². The number of amides is 1. The van der Waals surface area contributed by atoms with Gasteiger partial charge >= 0.3 is 0 Å². The molecule has 0 heterocycles. The molecule has 1 amide bonds. The van der Waals surface area contributed by atoms with Crippen molar-refractivity contribution in [3.63, 3.8) is 0 Å². The largest absolute Gasteiger partial charge is 0.352 e. The van der Waals surface area contributed by atoms with E-state index in [4.69, 9.17) is 11.6 Å². The van der Waals surface area contributed by atoms with Crippen LogP contribution in [0.4, 0.5) is 0 Å². The number of hydrogen-bond donors (Lipinski definition) is 1. The third-order valence-corrected chi connectivity index (χ3v) is 3.27. The van der Waals surface area contributed by atoms with Gasteiger partial charge in [-0.2, -0.15) is 0 Å². The summed E-state index contributed by atoms with van der Waals surface area (Å²) in [5.41, 5.74) is 2.38. The number of benzene rings is 2. The van der Waals surface area contributed by atoms with Gasteiger partial charge in [-0.25, -0.2) is 0 Å². The second kappa shape index (κ2) is 6.39. The van der Waals surface area contributed by atoms with Gasteiger partial charge in [0.1, 0.15) is 0 Å². The number of nitrogens with one attached hydrogen (secondary N) is 1. The molecule has 97 valence electrons. The summed E-state index contributed by atoms with van der Waals surface area (Å²) in [7, 11) is 0. The monoisotopic (exact) mass is 272 g/mol. The molecule has 1 radical (unpaired) electrons. The molecule has 0 atom stereocenters. The summed E-state index contributed by atoms with van der Waals surface area (Å²) in [5, 5.41) is 3.61. The van der Waals surface area contributed by atoms with E-state index in [9.17, 15) is 4.79 Å². The zero-order chi connectivity index (χ0) is 13.7. The summed E-state index contributed by atoms with van der Waals surface area (Å²) in [6.07, 6.45) is 0.713. The van der Waals surface area contributed by atoms with Gasteiger partial charge in [-0.05, 0) is 36.6 Å². The van der Waals surface area contributed by atoms with Crippen LogP contribution in [0.1, 0.15) is 21.5 Å². The third-order valence-electron chi connectivity index (χ3n) is 2.90. The number of carbonyl (C=O) groups excluding carboxylic acids is 1. The quantitative estimate of drug-likeness (QED) is 0.907. The summed E-state index contributed by atoms with van der Waals surface area (Å²) in [6, 6.07) is 14.9. The molecule has 2 aromatic rings. The Balaban J connectivity index is 1.92. The lowest BCUT2D eigenvalue weighted by molar-refractivity contribution is 0.0954. The molecule has 3 heteroatoms. The maximum atomic E-state index is 12.0. The highest BCUT2D eigenvalue weighted by Crippen LogP contribution is 2.15. The summed E-state index contributed by atoms with van der Waals surface area (Å²) >= 11 is 6.06. The summed E-state index contributed by atoms with van der Waals surface area (Å²) in [6.45, 7) is 4.39. The van der Waals surface area contributed by atoms with Gasteiger partial charge in [-0.1, -0.05) is 48.0 Å². The average Bonchev–Trinajstić information content (AvgIpc) is 2.41. The molecule has 0 aromatic heterocycles. The van der Waals surface area contributed by atoms with Crippen LogP contribution in [0.5, 0.6) is 0 Å². The smallest absolute Gasteiger partial charge is 0.251 e. The van der Waals surface area contributed by atoms with Crippen LogP contribution in [0, 0.1) is 6.92 Å². The minimum Gasteiger partial charge on any atom is -0.352 e. The normalized spacial score (nSPS) is 10.2. The topological polar surface area (TPSA) is 29.1 Å². The number of carbonyl (C=O) groups is 1. The molecule has 2 nitrogen and oxygen atoms in total. The van der Waals surface area contributed by atoms with Crippen LogP contribution in [-0.2, 0) is 6.42 Å². The first-order chi connectivity index (χ1) is 9.18. The Labute approximate surface area is 118 Å². The minimum atomic E-state index is -0.0994. The molecule has 0 saturated carbocycles. The van der Waals surface area contributed by atoms with Crippen molar-refractivity contribution in [2.24, 2.45) is 0 Å². The Morgan fingerprint density at radius 3 is 2.53 bits per heavy atom. The fourth-order valence-corrected chi connectivity index (χ4v) is 2.08. The highest BCUT2D eigenvalue weighted by molar-refractivity contribution is 6.31. The Hall–Kier alpha value is -1.80. The van der Waals surface area contributed by atoms with Crippen LogP contribution < -0.4 is 5.32 Å². The first-order valence-electron chi connectivity index (χ1n) is 6.11. The minimum absolute atomic E-state index is 0.0994. The highest BCUT2D eigenvalue weighted by atomic mass is 35.5. The van der Waals surface area contributed by atoms with Crippen LogP contribution in [0.15, 0.2) is 48.5 Å². The van der Waals surface area contributed by atoms with Gasteiger partial charge in [-0.3, -0.25) is 4.79 Å². The van der Waals surface area contributed by atoms with E-state index in [0.717, 1.165) is 16.1 Å². The van der Waals surface area contributed by atoms with Crippen molar-refractivity contribution in [3.05, 3.63) is 77.2 Å². The van der Waals surface area contributed by atoms with Crippen molar-refractivity contribution in [1.29, 1.82) is 0 Å². The van der Waals surface area contributed by atoms with Gasteiger partial charge in [0.25, 0.3) is 5.91 Å². The Morgan fingerprint density at radius 1 is 1.11 bits per heavy atom. The van der Waals surface area contributed by atoms with Gasteiger partial charge in [-0.15, -0.1) is 0 Å². The molecule has 0 aliphatic heterocycles. The molecule has 0 aliphatic rings. The maximum Gasteiger partial charge on any atom is 0.251 e. The molecular formula is C16H15ClNO. The van der Waals surface area contributed by atoms with Crippen LogP contribution in [0.25, 0.3) is 0 Å². The first-order valence-corrected chi connectivity index (χ1v) is 6.49. The molecule has 0 aliphatic carbocycles. The van der Waals surface area contributed by atoms with Crippen molar-refractivity contribution >= 4 is 17.5 Å². The van der Waals surface area contributed by atoms with Gasteiger partial charge in [0, 0.05) is 17.1 Å². The first kappa shape index (κ1) is 13.6. The number of rotatable bonds is 4. The van der Waals surface area contributed by atoms with Gasteiger partial charge in [0.05, 0.1) is 0 Å². The molecule has 2 aromatic carbocycles. The van der Waals surface area contributed by atoms with Crippen LogP contribution in [0.3, 0.4) is 0 Å². The van der Waals surface area contributed by atoms with Crippen LogP contribution >= 0.6 is 11.6 Å². The SMILES string of the molecule is [CH2]c1ccccc1C(=O)NCCc1ccccc1Cl. The fourth-order valence-electron chi connectivity index (χ4n) is 1.85. The lowest BCUT2D eigenvalue weighted by Crippen LogP contribution is -2.26. The highest BCUT2D eigenvalue weighted by Gasteiger charge is 2.07. The van der Waals surface area contributed by atoms with E-state index in [1.165, 1.54) is 0 Å². The lowest BCUT2D eigenvalue weighted by Gasteiger charge is -2.08. The molecule has 1 N–H and O–H groups in total. The predicted molar refractivity (Wildman–Crippen MR) is 78.4 cm³/mol. The average molecular weight is 273 g/mol. The predicted octanol–water partition coefficient (Wildman–Crippen LogP) is 3.49. The van der Waals surface area contributed by atoms with Crippen molar-refractivity contribution < 1.29 is 4.79 Å². The van der Waals surface area contributed by atoms with E-state index in [1.807, 2.05) is 42.5 Å². The van der Waals surface area contributed by atoms with E-state index in [0.29, 0.717) is 18.5 Å². The summed E-state index contributed by atoms with van der Waals surface area (Å²) in [5.74, 6) is -0.0994. The zero-order valence-corrected chi connectivity index (χ0v) is 11.3. The number of hydrogen-bond acceptors (Lipinski definition) is 1. The van der Waals surface area contributed by atoms with Crippen molar-refractivity contribution in [2.45, 2.75) is 6.42 Å². The molecule has 0 saturated heterocycles. The summed E-state index contributed by atoms with van der Waals surface area (Å²) < 4.78 is 0. The van der Waals surface area contributed by atoms with Gasteiger partial charge < -0.3 is 5.32 Å². The Bertz CT molecular complexity index is 580. The standard InChI is InChI=1S/C16H15ClNO/c1-12-6-2-4-8-14(12)16(19)18-11-10-13-7-3-5-9-15(13)17/h2-9H,1,10-11H2,(H,18,19). The van der Waals surface area contributed by atoms with Gasteiger partial charge in [0.15, 0.2) is 0 Å². The third kappa shape index (κ3) is 3.58. The van der Waals surface area contributed by atoms with E-state index >= 15 is 0 Å². The zero-order valence-electron chi connectivity index (χ0n) is 10.5. The molecule has 2 rings (SSSR count). The van der Waals surface area contributed by atoms with E-state index in [2.05, 4.69) is 12.2 Å². The van der Waals surface area contributed by atoms with Crippen LogP contribution in [0.2, 0.25) is 5.02 Å². The van der Waals surface area contributed by atoms with E-state index < -0.39 is 0 Å². The second-order valence-corrected chi connectivity index (χ2v) is 4.66. The lowest BCUT2D eigenvalue weighted by atomic mass is 10.1. The van der Waals surface area contributed by atoms with Crippen molar-refractivity contribution in [3.8, 4) is 0 Å². The van der Waals surface area contributed by atoms with Gasteiger partial charge in [0.2, 0.25) is 0 Å². The maximum absolute atomic E-state index is 12.0. The Kier molecular flexibility index (Phi) is 4.58. The molecule has 0 spiro atoms. The fraction of sp³-hybridized carbons (Fsp3) is 0.125. The molecular weight excluding hydrogens is 258 g/mol. The van der Waals surface area contributed by atoms with Crippen molar-refractivity contribution in [2.75, 3.05) is 6.54 Å². The van der Waals surface area contributed by atoms with E-state index in [1.54, 1.807) is 6.07 Å². The summed E-state index contributed by atoms with van der Waals surface area (Å²) in [4.78, 5) is 12.0. The Morgan fingerprint density at radius 2 is 1.79 bits per heavy atom. The number of halogens is 1. The second-order valence-electron chi connectivity index (χ2n) is 4.25. The van der Waals surface area contributed by atoms with E-state index in [-0.39, 0.29) is 5.91 Å². The molecule has 0 fully saturated rings. The molecule has 19 heavy (non-hydrogen) atoms. The molecule has 0 bridgehead atoms. The molecule has 0 unspecified atom stereocenters. The van der Waals surface area contributed by atoms with Crippen LogP contribution in [-0.4, -0.2) is 12.5 Å².